The van der Waals surface area contributed by atoms with Gasteiger partial charge in [0.15, 0.2) is 0 Å². The second kappa shape index (κ2) is 10.6. The summed E-state index contributed by atoms with van der Waals surface area (Å²) in [6.45, 7) is 3.60. The first-order chi connectivity index (χ1) is 14.9. The summed E-state index contributed by atoms with van der Waals surface area (Å²) < 4.78 is 38.3. The summed E-state index contributed by atoms with van der Waals surface area (Å²) in [4.78, 5) is 12.7. The van der Waals surface area contributed by atoms with E-state index in [9.17, 15) is 13.2 Å². The fourth-order valence-electron chi connectivity index (χ4n) is 3.64. The normalized spacial score (nSPS) is 14.8. The van der Waals surface area contributed by atoms with E-state index < -0.39 is 10.0 Å². The molecule has 1 N–H and O–H groups in total. The van der Waals surface area contributed by atoms with Crippen LogP contribution in [0.3, 0.4) is 0 Å². The average Bonchev–Trinajstić information content (AvgIpc) is 2.79. The first kappa shape index (κ1) is 23.1. The Labute approximate surface area is 184 Å². The molecule has 1 aliphatic heterocycles. The molecule has 1 fully saturated rings. The van der Waals surface area contributed by atoms with Gasteiger partial charge in [0.05, 0.1) is 18.6 Å². The molecule has 1 aliphatic rings. The summed E-state index contributed by atoms with van der Waals surface area (Å²) in [6.07, 6.45) is 3.40. The van der Waals surface area contributed by atoms with Crippen LogP contribution in [0.25, 0.3) is 0 Å². The van der Waals surface area contributed by atoms with Crippen LogP contribution in [0.4, 0.5) is 5.69 Å². The summed E-state index contributed by atoms with van der Waals surface area (Å²) >= 11 is 0. The number of carbonyl (C=O) groups excluding carboxylic acids is 1. The third-order valence-electron chi connectivity index (χ3n) is 5.28. The predicted octanol–water partition coefficient (Wildman–Crippen LogP) is 3.84. The van der Waals surface area contributed by atoms with Gasteiger partial charge in [0.1, 0.15) is 11.5 Å². The first-order valence-corrected chi connectivity index (χ1v) is 12.1. The molecule has 0 bridgehead atoms. The number of hydrogen-bond acceptors (Lipinski definition) is 5. The van der Waals surface area contributed by atoms with Crippen molar-refractivity contribution in [2.75, 3.05) is 32.1 Å². The molecule has 31 heavy (non-hydrogen) atoms. The summed E-state index contributed by atoms with van der Waals surface area (Å²) in [5.74, 6) is 1.17. The summed E-state index contributed by atoms with van der Waals surface area (Å²) in [5, 5.41) is 2.85. The second-order valence-electron chi connectivity index (χ2n) is 7.44. The highest BCUT2D eigenvalue weighted by Gasteiger charge is 2.26. The number of anilines is 1. The number of amides is 1. The van der Waals surface area contributed by atoms with E-state index in [0.717, 1.165) is 25.0 Å². The molecule has 0 aromatic heterocycles. The highest BCUT2D eigenvalue weighted by atomic mass is 32.2. The molecule has 0 spiro atoms. The highest BCUT2D eigenvalue weighted by Crippen LogP contribution is 2.27. The third-order valence-corrected chi connectivity index (χ3v) is 7.17. The molecule has 0 aliphatic carbocycles. The lowest BCUT2D eigenvalue weighted by molar-refractivity contribution is -0.116. The second-order valence-corrected chi connectivity index (χ2v) is 9.38. The van der Waals surface area contributed by atoms with Crippen molar-refractivity contribution in [3.05, 3.63) is 48.0 Å². The van der Waals surface area contributed by atoms with Crippen molar-refractivity contribution in [1.82, 2.24) is 4.31 Å². The molecule has 0 unspecified atom stereocenters. The Morgan fingerprint density at radius 3 is 2.42 bits per heavy atom. The SMILES string of the molecule is CCOc1ccc(NC(=O)CCc2cc(S(=O)(=O)N3CCCCC3)ccc2OC)cc1. The van der Waals surface area contributed by atoms with Crippen LogP contribution in [0.1, 0.15) is 38.2 Å². The van der Waals surface area contributed by atoms with E-state index in [1.54, 1.807) is 46.8 Å². The number of hydrogen-bond donors (Lipinski definition) is 1. The fraction of sp³-hybridized carbons (Fsp3) is 0.435. The van der Waals surface area contributed by atoms with Crippen LogP contribution in [-0.4, -0.2) is 45.4 Å². The number of carbonyl (C=O) groups is 1. The number of nitrogens with zero attached hydrogens (tertiary/aromatic N) is 1. The van der Waals surface area contributed by atoms with Crippen LogP contribution in [0.15, 0.2) is 47.4 Å². The third kappa shape index (κ3) is 5.98. The number of rotatable bonds is 9. The molecule has 2 aromatic rings. The Hall–Kier alpha value is -2.58. The molecule has 3 rings (SSSR count). The van der Waals surface area contributed by atoms with Crippen molar-refractivity contribution in [2.24, 2.45) is 0 Å². The van der Waals surface area contributed by atoms with E-state index in [0.29, 0.717) is 43.1 Å². The summed E-state index contributed by atoms with van der Waals surface area (Å²) in [6, 6.07) is 12.1. The number of aryl methyl sites for hydroxylation is 1. The van der Waals surface area contributed by atoms with E-state index in [4.69, 9.17) is 9.47 Å². The van der Waals surface area contributed by atoms with Gasteiger partial charge in [0, 0.05) is 25.2 Å². The Morgan fingerprint density at radius 1 is 1.06 bits per heavy atom. The molecule has 1 amide bonds. The Morgan fingerprint density at radius 2 is 1.77 bits per heavy atom. The number of sulfonamides is 1. The molecule has 168 valence electrons. The van der Waals surface area contributed by atoms with Gasteiger partial charge < -0.3 is 14.8 Å². The van der Waals surface area contributed by atoms with Crippen LogP contribution >= 0.6 is 0 Å². The molecule has 0 atom stereocenters. The zero-order valence-electron chi connectivity index (χ0n) is 18.1. The number of benzene rings is 2. The van der Waals surface area contributed by atoms with Crippen LogP contribution in [0.2, 0.25) is 0 Å². The van der Waals surface area contributed by atoms with Gasteiger partial charge >= 0.3 is 0 Å². The number of nitrogens with one attached hydrogen (secondary N) is 1. The first-order valence-electron chi connectivity index (χ1n) is 10.6. The zero-order chi connectivity index (χ0) is 22.3. The maximum atomic E-state index is 13.0. The van der Waals surface area contributed by atoms with Crippen molar-refractivity contribution in [3.63, 3.8) is 0 Å². The van der Waals surface area contributed by atoms with Crippen molar-refractivity contribution in [3.8, 4) is 11.5 Å². The minimum atomic E-state index is -3.54. The lowest BCUT2D eigenvalue weighted by Crippen LogP contribution is -2.35. The van der Waals surface area contributed by atoms with Gasteiger partial charge in [-0.15, -0.1) is 0 Å². The predicted molar refractivity (Wildman–Crippen MR) is 120 cm³/mol. The standard InChI is InChI=1S/C23H30N2O5S/c1-3-30-20-10-8-19(9-11-20)24-23(26)14-7-18-17-21(12-13-22(18)29-2)31(27,28)25-15-5-4-6-16-25/h8-13,17H,3-7,14-16H2,1-2H3,(H,24,26). The van der Waals surface area contributed by atoms with Crippen LogP contribution in [0.5, 0.6) is 11.5 Å². The number of ether oxygens (including phenoxy) is 2. The van der Waals surface area contributed by atoms with Crippen molar-refractivity contribution >= 4 is 21.6 Å². The molecular formula is C23H30N2O5S. The quantitative estimate of drug-likeness (QED) is 0.633. The highest BCUT2D eigenvalue weighted by molar-refractivity contribution is 7.89. The Balaban J connectivity index is 1.67. The van der Waals surface area contributed by atoms with E-state index in [1.165, 1.54) is 7.11 Å². The van der Waals surface area contributed by atoms with E-state index in [1.807, 2.05) is 6.92 Å². The molecule has 1 saturated heterocycles. The summed E-state index contributed by atoms with van der Waals surface area (Å²) in [5.41, 5.74) is 1.38. The molecule has 0 saturated carbocycles. The van der Waals surface area contributed by atoms with Gasteiger partial charge in [-0.3, -0.25) is 4.79 Å². The monoisotopic (exact) mass is 446 g/mol. The fourth-order valence-corrected chi connectivity index (χ4v) is 5.21. The van der Waals surface area contributed by atoms with Gasteiger partial charge in [-0.2, -0.15) is 4.31 Å². The topological polar surface area (TPSA) is 84.9 Å². The molecule has 1 heterocycles. The van der Waals surface area contributed by atoms with Gasteiger partial charge in [-0.05, 0) is 74.2 Å². The maximum absolute atomic E-state index is 13.0. The number of methoxy groups -OCH3 is 1. The maximum Gasteiger partial charge on any atom is 0.243 e. The van der Waals surface area contributed by atoms with Crippen LogP contribution in [-0.2, 0) is 21.2 Å². The molecule has 8 heteroatoms. The summed E-state index contributed by atoms with van der Waals surface area (Å²) in [7, 11) is -2.00. The van der Waals surface area contributed by atoms with Crippen molar-refractivity contribution < 1.29 is 22.7 Å². The number of piperidine rings is 1. The molecular weight excluding hydrogens is 416 g/mol. The minimum absolute atomic E-state index is 0.157. The van der Waals surface area contributed by atoms with Crippen molar-refractivity contribution in [2.45, 2.75) is 43.9 Å². The Kier molecular flexibility index (Phi) is 7.92. The van der Waals surface area contributed by atoms with Gasteiger partial charge in [-0.25, -0.2) is 8.42 Å². The van der Waals surface area contributed by atoms with E-state index >= 15 is 0 Å². The molecule has 2 aromatic carbocycles. The molecule has 0 radical (unpaired) electrons. The van der Waals surface area contributed by atoms with Crippen LogP contribution in [0, 0.1) is 0 Å². The average molecular weight is 447 g/mol. The lowest BCUT2D eigenvalue weighted by Gasteiger charge is -2.26. The van der Waals surface area contributed by atoms with Gasteiger partial charge in [0.2, 0.25) is 15.9 Å². The van der Waals surface area contributed by atoms with E-state index in [2.05, 4.69) is 5.32 Å². The zero-order valence-corrected chi connectivity index (χ0v) is 18.9. The largest absolute Gasteiger partial charge is 0.496 e. The molecule has 7 nitrogen and oxygen atoms in total. The van der Waals surface area contributed by atoms with Crippen LogP contribution < -0.4 is 14.8 Å². The van der Waals surface area contributed by atoms with Gasteiger partial charge in [0.25, 0.3) is 0 Å². The lowest BCUT2D eigenvalue weighted by atomic mass is 10.1. The van der Waals surface area contributed by atoms with Crippen molar-refractivity contribution in [1.29, 1.82) is 0 Å². The van der Waals surface area contributed by atoms with E-state index in [-0.39, 0.29) is 17.2 Å². The smallest absolute Gasteiger partial charge is 0.243 e. The van der Waals surface area contributed by atoms with Gasteiger partial charge in [-0.1, -0.05) is 6.42 Å². The Bertz CT molecular complexity index is 984. The minimum Gasteiger partial charge on any atom is -0.496 e.